The molecule has 3 heteroatoms. The van der Waals surface area contributed by atoms with Crippen LogP contribution in [0.25, 0.3) is 0 Å². The topological polar surface area (TPSA) is 36.4 Å². The predicted octanol–water partition coefficient (Wildman–Crippen LogP) is 2.73. The zero-order chi connectivity index (χ0) is 12.1. The Hall–Kier alpha value is -1.09. The maximum atomic E-state index is 9.40. The highest BCUT2D eigenvalue weighted by Crippen LogP contribution is 2.28. The average molecular weight is 234 g/mol. The summed E-state index contributed by atoms with van der Waals surface area (Å²) in [6, 6.07) is 4.47. The summed E-state index contributed by atoms with van der Waals surface area (Å²) in [4.78, 5) is 6.87. The number of anilines is 1. The Morgan fingerprint density at radius 3 is 3.12 bits per heavy atom. The Balaban J connectivity index is 2.22. The second-order valence-corrected chi connectivity index (χ2v) is 4.78. The fourth-order valence-corrected chi connectivity index (χ4v) is 2.73. The summed E-state index contributed by atoms with van der Waals surface area (Å²) in [5, 5.41) is 9.40. The molecule has 1 unspecified atom stereocenters. The van der Waals surface area contributed by atoms with Gasteiger partial charge in [0.1, 0.15) is 5.82 Å². The largest absolute Gasteiger partial charge is 0.392 e. The van der Waals surface area contributed by atoms with E-state index in [1.54, 1.807) is 0 Å². The van der Waals surface area contributed by atoms with Gasteiger partial charge in [-0.2, -0.15) is 0 Å². The Morgan fingerprint density at radius 2 is 2.35 bits per heavy atom. The molecule has 2 rings (SSSR count). The quantitative estimate of drug-likeness (QED) is 0.870. The summed E-state index contributed by atoms with van der Waals surface area (Å²) in [6.07, 6.45) is 8.08. The van der Waals surface area contributed by atoms with Crippen LogP contribution in [0.2, 0.25) is 0 Å². The van der Waals surface area contributed by atoms with E-state index in [0.717, 1.165) is 17.9 Å². The molecule has 1 aromatic heterocycles. The molecule has 0 saturated carbocycles. The number of hydrogen-bond donors (Lipinski definition) is 1. The molecule has 0 aromatic carbocycles. The molecule has 0 spiro atoms. The number of piperidine rings is 1. The molecule has 94 valence electrons. The summed E-state index contributed by atoms with van der Waals surface area (Å²) in [6.45, 7) is 3.39. The fourth-order valence-electron chi connectivity index (χ4n) is 2.73. The van der Waals surface area contributed by atoms with E-state index in [1.165, 1.54) is 32.1 Å². The smallest absolute Gasteiger partial charge is 0.134 e. The summed E-state index contributed by atoms with van der Waals surface area (Å²) < 4.78 is 0. The first-order valence-corrected chi connectivity index (χ1v) is 6.68. The molecule has 1 aliphatic heterocycles. The third-order valence-corrected chi connectivity index (χ3v) is 3.56. The van der Waals surface area contributed by atoms with E-state index in [2.05, 4.69) is 16.8 Å². The van der Waals surface area contributed by atoms with Crippen LogP contribution in [-0.4, -0.2) is 22.7 Å². The van der Waals surface area contributed by atoms with Gasteiger partial charge in [0.25, 0.3) is 0 Å². The number of pyridine rings is 1. The second-order valence-electron chi connectivity index (χ2n) is 4.78. The maximum absolute atomic E-state index is 9.40. The normalized spacial score (nSPS) is 20.6. The minimum atomic E-state index is 0.0819. The summed E-state index contributed by atoms with van der Waals surface area (Å²) in [5.41, 5.74) is 0.954. The number of rotatable bonds is 4. The number of aromatic nitrogens is 1. The lowest BCUT2D eigenvalue weighted by atomic mass is 9.97. The van der Waals surface area contributed by atoms with Crippen LogP contribution in [0.1, 0.15) is 44.6 Å². The Morgan fingerprint density at radius 1 is 1.47 bits per heavy atom. The van der Waals surface area contributed by atoms with Gasteiger partial charge < -0.3 is 10.0 Å². The third kappa shape index (κ3) is 2.78. The van der Waals surface area contributed by atoms with Crippen molar-refractivity contribution >= 4 is 5.82 Å². The van der Waals surface area contributed by atoms with Gasteiger partial charge in [-0.15, -0.1) is 0 Å². The number of aliphatic hydroxyl groups excluding tert-OH is 1. The molecule has 1 saturated heterocycles. The van der Waals surface area contributed by atoms with Crippen molar-refractivity contribution in [3.63, 3.8) is 0 Å². The van der Waals surface area contributed by atoms with E-state index in [-0.39, 0.29) is 6.61 Å². The van der Waals surface area contributed by atoms with Crippen LogP contribution in [0.3, 0.4) is 0 Å². The molecule has 0 amide bonds. The predicted molar refractivity (Wildman–Crippen MR) is 70.1 cm³/mol. The monoisotopic (exact) mass is 234 g/mol. The van der Waals surface area contributed by atoms with E-state index in [1.807, 2.05) is 18.3 Å². The minimum Gasteiger partial charge on any atom is -0.392 e. The van der Waals surface area contributed by atoms with E-state index >= 15 is 0 Å². The van der Waals surface area contributed by atoms with Crippen molar-refractivity contribution in [3.05, 3.63) is 23.9 Å². The van der Waals surface area contributed by atoms with Crippen molar-refractivity contribution in [2.45, 2.75) is 51.7 Å². The van der Waals surface area contributed by atoms with Gasteiger partial charge in [-0.3, -0.25) is 0 Å². The van der Waals surface area contributed by atoms with Crippen LogP contribution in [0.4, 0.5) is 5.82 Å². The summed E-state index contributed by atoms with van der Waals surface area (Å²) >= 11 is 0. The Labute approximate surface area is 103 Å². The highest BCUT2D eigenvalue weighted by atomic mass is 16.3. The first-order chi connectivity index (χ1) is 8.36. The number of hydrogen-bond acceptors (Lipinski definition) is 3. The third-order valence-electron chi connectivity index (χ3n) is 3.56. The fraction of sp³-hybridized carbons (Fsp3) is 0.643. The summed E-state index contributed by atoms with van der Waals surface area (Å²) in [5.74, 6) is 0.994. The van der Waals surface area contributed by atoms with Crippen molar-refractivity contribution in [3.8, 4) is 0 Å². The van der Waals surface area contributed by atoms with Gasteiger partial charge >= 0.3 is 0 Å². The van der Waals surface area contributed by atoms with Gasteiger partial charge in [-0.1, -0.05) is 19.4 Å². The zero-order valence-electron chi connectivity index (χ0n) is 10.6. The van der Waals surface area contributed by atoms with Crippen LogP contribution in [0.5, 0.6) is 0 Å². The van der Waals surface area contributed by atoms with Gasteiger partial charge in [-0.25, -0.2) is 4.98 Å². The van der Waals surface area contributed by atoms with Gasteiger partial charge in [0.05, 0.1) is 6.61 Å². The molecule has 3 nitrogen and oxygen atoms in total. The molecule has 0 bridgehead atoms. The van der Waals surface area contributed by atoms with E-state index in [9.17, 15) is 5.11 Å². The second kappa shape index (κ2) is 6.01. The molecule has 0 radical (unpaired) electrons. The molecule has 1 aliphatic rings. The van der Waals surface area contributed by atoms with Crippen LogP contribution in [-0.2, 0) is 6.61 Å². The zero-order valence-corrected chi connectivity index (χ0v) is 10.6. The van der Waals surface area contributed by atoms with Crippen LogP contribution >= 0.6 is 0 Å². The molecular formula is C14H22N2O. The van der Waals surface area contributed by atoms with Crippen molar-refractivity contribution in [2.75, 3.05) is 11.4 Å². The molecule has 1 fully saturated rings. The lowest BCUT2D eigenvalue weighted by Gasteiger charge is -2.37. The van der Waals surface area contributed by atoms with Crippen LogP contribution < -0.4 is 4.90 Å². The Bertz CT molecular complexity index is 352. The Kier molecular flexibility index (Phi) is 4.37. The first kappa shape index (κ1) is 12.4. The average Bonchev–Trinajstić information content (AvgIpc) is 2.40. The van der Waals surface area contributed by atoms with Gasteiger partial charge in [0.2, 0.25) is 0 Å². The van der Waals surface area contributed by atoms with Crippen molar-refractivity contribution in [1.29, 1.82) is 0 Å². The standard InChI is InChI=1S/C14H22N2O/c1-2-6-13-8-3-4-10-16(13)14-12(11-17)7-5-9-15-14/h5,7,9,13,17H,2-4,6,8,10-11H2,1H3. The first-order valence-electron chi connectivity index (χ1n) is 6.68. The van der Waals surface area contributed by atoms with Crippen molar-refractivity contribution in [1.82, 2.24) is 4.98 Å². The van der Waals surface area contributed by atoms with Gasteiger partial charge in [0.15, 0.2) is 0 Å². The lowest BCUT2D eigenvalue weighted by molar-refractivity contribution is 0.280. The molecule has 2 heterocycles. The molecular weight excluding hydrogens is 212 g/mol. The molecule has 17 heavy (non-hydrogen) atoms. The molecule has 0 aliphatic carbocycles. The lowest BCUT2D eigenvalue weighted by Crippen LogP contribution is -2.40. The molecule has 1 aromatic rings. The highest BCUT2D eigenvalue weighted by molar-refractivity contribution is 5.47. The molecule has 1 atom stereocenters. The van der Waals surface area contributed by atoms with Crippen LogP contribution in [0.15, 0.2) is 18.3 Å². The number of nitrogens with zero attached hydrogens (tertiary/aromatic N) is 2. The van der Waals surface area contributed by atoms with E-state index in [4.69, 9.17) is 0 Å². The highest BCUT2D eigenvalue weighted by Gasteiger charge is 2.24. The SMILES string of the molecule is CCCC1CCCCN1c1ncccc1CO. The van der Waals surface area contributed by atoms with Crippen molar-refractivity contribution in [2.24, 2.45) is 0 Å². The van der Waals surface area contributed by atoms with Crippen molar-refractivity contribution < 1.29 is 5.11 Å². The van der Waals surface area contributed by atoms with Crippen LogP contribution in [0, 0.1) is 0 Å². The minimum absolute atomic E-state index is 0.0819. The van der Waals surface area contributed by atoms with Gasteiger partial charge in [0, 0.05) is 24.3 Å². The van der Waals surface area contributed by atoms with Gasteiger partial charge in [-0.05, 0) is 31.7 Å². The van der Waals surface area contributed by atoms with E-state index < -0.39 is 0 Å². The summed E-state index contributed by atoms with van der Waals surface area (Å²) in [7, 11) is 0. The molecule has 1 N–H and O–H groups in total. The van der Waals surface area contributed by atoms with E-state index in [0.29, 0.717) is 6.04 Å². The number of aliphatic hydroxyl groups is 1. The maximum Gasteiger partial charge on any atom is 0.134 e.